The van der Waals surface area contributed by atoms with Crippen LogP contribution in [0, 0.1) is 0 Å². The number of nitrogens with zero attached hydrogens (tertiary/aromatic N) is 3. The molecule has 11 heteroatoms. The van der Waals surface area contributed by atoms with Crippen LogP contribution in [-0.2, 0) is 24.6 Å². The molecule has 0 spiro atoms. The maximum Gasteiger partial charge on any atom is 0.451 e. The average molecular weight is 390 g/mol. The van der Waals surface area contributed by atoms with E-state index < -0.39 is 12.0 Å². The van der Waals surface area contributed by atoms with Crippen LogP contribution in [0.3, 0.4) is 0 Å². The van der Waals surface area contributed by atoms with E-state index in [4.69, 9.17) is 9.47 Å². The summed E-state index contributed by atoms with van der Waals surface area (Å²) in [6, 6.07) is 5.21. The molecule has 0 aliphatic rings. The zero-order chi connectivity index (χ0) is 19.3. The van der Waals surface area contributed by atoms with Crippen LogP contribution in [0.25, 0.3) is 0 Å². The van der Waals surface area contributed by atoms with Crippen LogP contribution in [-0.4, -0.2) is 40.6 Å². The highest BCUT2D eigenvalue weighted by Crippen LogP contribution is 2.29. The van der Waals surface area contributed by atoms with Crippen molar-refractivity contribution >= 4 is 17.7 Å². The summed E-state index contributed by atoms with van der Waals surface area (Å²) in [4.78, 5) is 11.9. The Morgan fingerprint density at radius 1 is 1.23 bits per heavy atom. The number of carbonyl (C=O) groups is 1. The molecule has 1 amide bonds. The Hall–Kier alpha value is -2.43. The molecule has 1 aromatic heterocycles. The lowest BCUT2D eigenvalue weighted by molar-refractivity contribution is -0.147. The smallest absolute Gasteiger partial charge is 0.451 e. The Kier molecular flexibility index (Phi) is 6.35. The van der Waals surface area contributed by atoms with Crippen molar-refractivity contribution in [3.8, 4) is 11.5 Å². The molecule has 0 saturated carbocycles. The number of rotatable bonds is 7. The van der Waals surface area contributed by atoms with Gasteiger partial charge in [0.2, 0.25) is 11.7 Å². The van der Waals surface area contributed by atoms with Crippen molar-refractivity contribution in [3.05, 3.63) is 29.6 Å². The van der Waals surface area contributed by atoms with Crippen LogP contribution in [0.2, 0.25) is 0 Å². The molecule has 0 aliphatic carbocycles. The highest BCUT2D eigenvalue weighted by atomic mass is 32.2. The van der Waals surface area contributed by atoms with Gasteiger partial charge in [-0.05, 0) is 17.7 Å². The number of alkyl halides is 3. The van der Waals surface area contributed by atoms with E-state index in [-0.39, 0.29) is 23.4 Å². The van der Waals surface area contributed by atoms with E-state index in [2.05, 4.69) is 15.5 Å². The van der Waals surface area contributed by atoms with E-state index in [0.29, 0.717) is 11.5 Å². The van der Waals surface area contributed by atoms with Crippen LogP contribution in [0.5, 0.6) is 11.5 Å². The topological polar surface area (TPSA) is 78.3 Å². The zero-order valence-electron chi connectivity index (χ0n) is 14.3. The number of hydrogen-bond acceptors (Lipinski definition) is 6. The zero-order valence-corrected chi connectivity index (χ0v) is 15.1. The van der Waals surface area contributed by atoms with Crippen LogP contribution in [0.15, 0.2) is 23.4 Å². The maximum absolute atomic E-state index is 12.7. The average Bonchev–Trinajstić information content (AvgIpc) is 2.98. The third-order valence-corrected chi connectivity index (χ3v) is 4.38. The summed E-state index contributed by atoms with van der Waals surface area (Å²) in [5.41, 5.74) is 0.791. The molecule has 142 valence electrons. The van der Waals surface area contributed by atoms with Crippen molar-refractivity contribution in [1.29, 1.82) is 0 Å². The van der Waals surface area contributed by atoms with Crippen molar-refractivity contribution in [1.82, 2.24) is 20.1 Å². The van der Waals surface area contributed by atoms with E-state index >= 15 is 0 Å². The Labute approximate surface area is 151 Å². The number of benzene rings is 1. The van der Waals surface area contributed by atoms with Gasteiger partial charge in [-0.15, -0.1) is 10.2 Å². The number of amides is 1. The molecule has 26 heavy (non-hydrogen) atoms. The van der Waals surface area contributed by atoms with E-state index in [1.54, 1.807) is 18.2 Å². The Bertz CT molecular complexity index is 780. The van der Waals surface area contributed by atoms with Crippen LogP contribution in [0.4, 0.5) is 13.2 Å². The lowest BCUT2D eigenvalue weighted by Gasteiger charge is -2.10. The number of ether oxygens (including phenoxy) is 2. The van der Waals surface area contributed by atoms with Crippen LogP contribution >= 0.6 is 11.8 Å². The fourth-order valence-electron chi connectivity index (χ4n) is 2.06. The lowest BCUT2D eigenvalue weighted by Crippen LogP contribution is -2.24. The number of thioether (sulfide) groups is 1. The normalized spacial score (nSPS) is 11.3. The van der Waals surface area contributed by atoms with Crippen LogP contribution < -0.4 is 14.8 Å². The molecule has 7 nitrogen and oxygen atoms in total. The number of halogens is 3. The standard InChI is InChI=1S/C15H17F3N4O3S/c1-22-13(15(16,17)18)20-21-14(22)26-8-12(23)19-7-9-4-5-10(24-2)11(6-9)25-3/h4-6H,7-8H2,1-3H3,(H,19,23). The van der Waals surface area contributed by atoms with Gasteiger partial charge >= 0.3 is 6.18 Å². The summed E-state index contributed by atoms with van der Waals surface area (Å²) < 4.78 is 49.1. The Morgan fingerprint density at radius 2 is 1.92 bits per heavy atom. The fourth-order valence-corrected chi connectivity index (χ4v) is 2.80. The third kappa shape index (κ3) is 4.81. The molecule has 0 radical (unpaired) electrons. The molecule has 2 rings (SSSR count). The predicted molar refractivity (Wildman–Crippen MR) is 88.1 cm³/mol. The Morgan fingerprint density at radius 3 is 2.50 bits per heavy atom. The van der Waals surface area contributed by atoms with Gasteiger partial charge in [0.05, 0.1) is 20.0 Å². The summed E-state index contributed by atoms with van der Waals surface area (Å²) in [5.74, 6) is -0.433. The number of carbonyl (C=O) groups excluding carboxylic acids is 1. The summed E-state index contributed by atoms with van der Waals surface area (Å²) in [6.07, 6.45) is -4.59. The molecular weight excluding hydrogens is 373 g/mol. The van der Waals surface area contributed by atoms with E-state index in [1.807, 2.05) is 0 Å². The lowest BCUT2D eigenvalue weighted by atomic mass is 10.2. The second-order valence-corrected chi connectivity index (χ2v) is 6.06. The predicted octanol–water partition coefficient (Wildman–Crippen LogP) is 2.26. The Balaban J connectivity index is 1.89. The molecule has 2 aromatic rings. The number of aromatic nitrogens is 3. The highest BCUT2D eigenvalue weighted by Gasteiger charge is 2.37. The van der Waals surface area contributed by atoms with Gasteiger partial charge in [0.25, 0.3) is 0 Å². The van der Waals surface area contributed by atoms with Gasteiger partial charge in [-0.25, -0.2) is 0 Å². The van der Waals surface area contributed by atoms with Crippen molar-refractivity contribution in [2.45, 2.75) is 17.9 Å². The van der Waals surface area contributed by atoms with E-state index in [0.717, 1.165) is 21.9 Å². The highest BCUT2D eigenvalue weighted by molar-refractivity contribution is 7.99. The molecule has 1 aromatic carbocycles. The SMILES string of the molecule is COc1ccc(CNC(=O)CSc2nnc(C(F)(F)F)n2C)cc1OC. The number of hydrogen-bond donors (Lipinski definition) is 1. The first-order valence-electron chi connectivity index (χ1n) is 7.33. The van der Waals surface area contributed by atoms with Gasteiger partial charge in [-0.2, -0.15) is 13.2 Å². The minimum atomic E-state index is -4.59. The number of nitrogens with one attached hydrogen (secondary N) is 1. The summed E-state index contributed by atoms with van der Waals surface area (Å²) in [7, 11) is 4.23. The summed E-state index contributed by atoms with van der Waals surface area (Å²) in [5, 5.41) is 9.25. The molecule has 0 saturated heterocycles. The van der Waals surface area contributed by atoms with Crippen molar-refractivity contribution in [3.63, 3.8) is 0 Å². The summed E-state index contributed by atoms with van der Waals surface area (Å²) in [6.45, 7) is 0.242. The molecule has 0 unspecified atom stereocenters. The van der Waals surface area contributed by atoms with Gasteiger partial charge in [-0.1, -0.05) is 17.8 Å². The van der Waals surface area contributed by atoms with Gasteiger partial charge < -0.3 is 19.4 Å². The van der Waals surface area contributed by atoms with Gasteiger partial charge in [0, 0.05) is 13.6 Å². The van der Waals surface area contributed by atoms with Gasteiger partial charge in [0.1, 0.15) is 0 Å². The maximum atomic E-state index is 12.7. The molecule has 0 aliphatic heterocycles. The molecule has 0 atom stereocenters. The minimum Gasteiger partial charge on any atom is -0.493 e. The van der Waals surface area contributed by atoms with Crippen LogP contribution in [0.1, 0.15) is 11.4 Å². The molecule has 1 heterocycles. The first-order chi connectivity index (χ1) is 12.3. The minimum absolute atomic E-state index is 0.0126. The molecule has 1 N–H and O–H groups in total. The molecule has 0 fully saturated rings. The number of methoxy groups -OCH3 is 2. The molecular formula is C15H17F3N4O3S. The first-order valence-corrected chi connectivity index (χ1v) is 8.31. The van der Waals surface area contributed by atoms with Crippen molar-refractivity contribution < 1.29 is 27.4 Å². The second-order valence-electron chi connectivity index (χ2n) is 5.12. The third-order valence-electron chi connectivity index (χ3n) is 3.36. The van der Waals surface area contributed by atoms with E-state index in [1.165, 1.54) is 21.3 Å². The second kappa shape index (κ2) is 8.30. The quantitative estimate of drug-likeness (QED) is 0.731. The van der Waals surface area contributed by atoms with Crippen molar-refractivity contribution in [2.75, 3.05) is 20.0 Å². The monoisotopic (exact) mass is 390 g/mol. The van der Waals surface area contributed by atoms with Gasteiger partial charge in [0.15, 0.2) is 16.7 Å². The molecule has 0 bridgehead atoms. The first kappa shape index (κ1) is 19.9. The largest absolute Gasteiger partial charge is 0.493 e. The van der Waals surface area contributed by atoms with Gasteiger partial charge in [-0.3, -0.25) is 4.79 Å². The van der Waals surface area contributed by atoms with Crippen molar-refractivity contribution in [2.24, 2.45) is 7.05 Å². The van der Waals surface area contributed by atoms with E-state index in [9.17, 15) is 18.0 Å². The summed E-state index contributed by atoms with van der Waals surface area (Å²) >= 11 is 0.874. The fraction of sp³-hybridized carbons (Fsp3) is 0.400.